The summed E-state index contributed by atoms with van der Waals surface area (Å²) < 4.78 is 16.2. The fourth-order valence-corrected chi connectivity index (χ4v) is 2.12. The molecular formula is C12H17NO5. The van der Waals surface area contributed by atoms with E-state index in [1.165, 1.54) is 12.1 Å². The van der Waals surface area contributed by atoms with E-state index in [9.17, 15) is 10.1 Å². The number of furan rings is 1. The zero-order chi connectivity index (χ0) is 13.2. The minimum Gasteiger partial charge on any atom is -0.400 e. The van der Waals surface area contributed by atoms with E-state index >= 15 is 0 Å². The summed E-state index contributed by atoms with van der Waals surface area (Å²) in [6.45, 7) is 5.37. The van der Waals surface area contributed by atoms with Gasteiger partial charge in [-0.15, -0.1) is 0 Å². The van der Waals surface area contributed by atoms with Gasteiger partial charge in [-0.1, -0.05) is 20.3 Å². The van der Waals surface area contributed by atoms with Crippen LogP contribution in [0.5, 0.6) is 0 Å². The number of nitrogens with zero attached hydrogens (tertiary/aromatic N) is 1. The highest BCUT2D eigenvalue weighted by Gasteiger charge is 2.34. The van der Waals surface area contributed by atoms with Crippen LogP contribution in [-0.4, -0.2) is 18.1 Å². The molecule has 0 radical (unpaired) electrons. The van der Waals surface area contributed by atoms with Gasteiger partial charge in [0.2, 0.25) is 6.29 Å². The molecule has 1 aliphatic heterocycles. The molecule has 6 nitrogen and oxygen atoms in total. The molecule has 0 aromatic carbocycles. The van der Waals surface area contributed by atoms with Gasteiger partial charge in [0, 0.05) is 5.41 Å². The topological polar surface area (TPSA) is 74.7 Å². The second-order valence-electron chi connectivity index (χ2n) is 4.95. The first-order valence-corrected chi connectivity index (χ1v) is 6.01. The van der Waals surface area contributed by atoms with Crippen molar-refractivity contribution in [2.24, 2.45) is 5.41 Å². The van der Waals surface area contributed by atoms with Crippen LogP contribution in [0.15, 0.2) is 16.5 Å². The van der Waals surface area contributed by atoms with Gasteiger partial charge in [-0.25, -0.2) is 0 Å². The molecule has 0 amide bonds. The molecule has 2 rings (SSSR count). The Labute approximate surface area is 105 Å². The first kappa shape index (κ1) is 13.0. The minimum atomic E-state index is -0.636. The Bertz CT molecular complexity index is 420. The van der Waals surface area contributed by atoms with E-state index in [4.69, 9.17) is 13.9 Å². The van der Waals surface area contributed by atoms with Crippen LogP contribution in [0, 0.1) is 15.5 Å². The third kappa shape index (κ3) is 2.70. The molecule has 1 aliphatic rings. The molecule has 0 N–H and O–H groups in total. The predicted molar refractivity (Wildman–Crippen MR) is 63.0 cm³/mol. The smallest absolute Gasteiger partial charge is 0.400 e. The molecule has 1 saturated heterocycles. The van der Waals surface area contributed by atoms with E-state index in [1.807, 2.05) is 0 Å². The molecule has 0 spiro atoms. The summed E-state index contributed by atoms with van der Waals surface area (Å²) in [7, 11) is 0. The molecule has 0 unspecified atom stereocenters. The summed E-state index contributed by atoms with van der Waals surface area (Å²) in [5.74, 6) is 0.0549. The number of hydrogen-bond acceptors (Lipinski definition) is 5. The molecule has 2 heterocycles. The standard InChI is InChI=1S/C12H17NO5/c1-3-6-12(2)7-16-11(17-8-12)9-4-5-10(18-9)13(14)15/h4-5,11H,3,6-8H2,1-2H3. The number of hydrogen-bond donors (Lipinski definition) is 0. The second kappa shape index (κ2) is 5.07. The van der Waals surface area contributed by atoms with Crippen molar-refractivity contribution >= 4 is 5.88 Å². The Hall–Kier alpha value is -1.40. The summed E-state index contributed by atoms with van der Waals surface area (Å²) >= 11 is 0. The lowest BCUT2D eigenvalue weighted by atomic mass is 9.87. The summed E-state index contributed by atoms with van der Waals surface area (Å²) in [6.07, 6.45) is 1.46. The summed E-state index contributed by atoms with van der Waals surface area (Å²) in [5.41, 5.74) is 0.0176. The van der Waals surface area contributed by atoms with Gasteiger partial charge in [0.05, 0.1) is 19.3 Å². The molecule has 0 aliphatic carbocycles. The van der Waals surface area contributed by atoms with E-state index in [2.05, 4.69) is 13.8 Å². The number of nitro groups is 1. The van der Waals surface area contributed by atoms with Gasteiger partial charge in [-0.3, -0.25) is 10.1 Å². The highest BCUT2D eigenvalue weighted by atomic mass is 16.7. The van der Waals surface area contributed by atoms with Gasteiger partial charge in [-0.2, -0.15) is 0 Å². The quantitative estimate of drug-likeness (QED) is 0.610. The minimum absolute atomic E-state index is 0.0176. The third-order valence-corrected chi connectivity index (χ3v) is 3.04. The van der Waals surface area contributed by atoms with Crippen LogP contribution in [-0.2, 0) is 9.47 Å². The summed E-state index contributed by atoms with van der Waals surface area (Å²) in [4.78, 5) is 9.94. The molecule has 1 aromatic heterocycles. The zero-order valence-electron chi connectivity index (χ0n) is 10.5. The van der Waals surface area contributed by atoms with Crippen LogP contribution in [0.25, 0.3) is 0 Å². The average Bonchev–Trinajstić information content (AvgIpc) is 2.79. The summed E-state index contributed by atoms with van der Waals surface area (Å²) in [6, 6.07) is 2.83. The van der Waals surface area contributed by atoms with Crippen LogP contribution in [0.1, 0.15) is 38.7 Å². The molecule has 1 fully saturated rings. The SMILES string of the molecule is CCCC1(C)COC(c2ccc([N+](=O)[O-])o2)OC1. The Balaban J connectivity index is 1.98. The predicted octanol–water partition coefficient (Wildman–Crippen LogP) is 3.04. The Morgan fingerprint density at radius 1 is 1.44 bits per heavy atom. The van der Waals surface area contributed by atoms with Gasteiger partial charge < -0.3 is 13.9 Å². The van der Waals surface area contributed by atoms with Crippen LogP contribution < -0.4 is 0 Å². The van der Waals surface area contributed by atoms with Crippen molar-refractivity contribution in [3.05, 3.63) is 28.0 Å². The molecule has 0 saturated carbocycles. The van der Waals surface area contributed by atoms with E-state index in [-0.39, 0.29) is 11.3 Å². The van der Waals surface area contributed by atoms with E-state index < -0.39 is 11.2 Å². The zero-order valence-corrected chi connectivity index (χ0v) is 10.5. The molecular weight excluding hydrogens is 238 g/mol. The lowest BCUT2D eigenvalue weighted by Gasteiger charge is -2.36. The van der Waals surface area contributed by atoms with Crippen molar-refractivity contribution in [2.75, 3.05) is 13.2 Å². The number of ether oxygens (including phenoxy) is 2. The first-order chi connectivity index (χ1) is 8.54. The van der Waals surface area contributed by atoms with Crippen LogP contribution in [0.2, 0.25) is 0 Å². The second-order valence-corrected chi connectivity index (χ2v) is 4.95. The fourth-order valence-electron chi connectivity index (χ4n) is 2.12. The maximum Gasteiger partial charge on any atom is 0.433 e. The Kier molecular flexibility index (Phi) is 3.68. The average molecular weight is 255 g/mol. The Morgan fingerprint density at radius 2 is 2.11 bits per heavy atom. The van der Waals surface area contributed by atoms with Crippen LogP contribution >= 0.6 is 0 Å². The molecule has 18 heavy (non-hydrogen) atoms. The molecule has 100 valence electrons. The largest absolute Gasteiger partial charge is 0.433 e. The van der Waals surface area contributed by atoms with Crippen molar-refractivity contribution < 1.29 is 18.8 Å². The molecule has 6 heteroatoms. The molecule has 0 bridgehead atoms. The van der Waals surface area contributed by atoms with Crippen molar-refractivity contribution in [1.29, 1.82) is 0 Å². The monoisotopic (exact) mass is 255 g/mol. The van der Waals surface area contributed by atoms with Gasteiger partial charge in [0.25, 0.3) is 0 Å². The normalized spacial score (nSPS) is 28.2. The lowest BCUT2D eigenvalue weighted by Crippen LogP contribution is -2.36. The van der Waals surface area contributed by atoms with Crippen LogP contribution in [0.4, 0.5) is 5.88 Å². The van der Waals surface area contributed by atoms with Gasteiger partial charge in [0.15, 0.2) is 5.76 Å². The van der Waals surface area contributed by atoms with Gasteiger partial charge in [0.1, 0.15) is 4.92 Å². The number of rotatable bonds is 4. The lowest BCUT2D eigenvalue weighted by molar-refractivity contribution is -0.403. The van der Waals surface area contributed by atoms with Gasteiger partial charge >= 0.3 is 5.88 Å². The van der Waals surface area contributed by atoms with E-state index in [1.54, 1.807) is 0 Å². The van der Waals surface area contributed by atoms with E-state index in [0.29, 0.717) is 19.0 Å². The highest BCUT2D eigenvalue weighted by Crippen LogP contribution is 2.35. The van der Waals surface area contributed by atoms with Gasteiger partial charge in [-0.05, 0) is 12.5 Å². The third-order valence-electron chi connectivity index (χ3n) is 3.04. The summed E-state index contributed by atoms with van der Waals surface area (Å²) in [5, 5.41) is 10.5. The first-order valence-electron chi connectivity index (χ1n) is 6.01. The maximum atomic E-state index is 10.5. The molecule has 1 aromatic rings. The van der Waals surface area contributed by atoms with Crippen molar-refractivity contribution in [1.82, 2.24) is 0 Å². The maximum absolute atomic E-state index is 10.5. The Morgan fingerprint density at radius 3 is 2.61 bits per heavy atom. The van der Waals surface area contributed by atoms with Crippen LogP contribution in [0.3, 0.4) is 0 Å². The van der Waals surface area contributed by atoms with Crippen molar-refractivity contribution in [3.63, 3.8) is 0 Å². The van der Waals surface area contributed by atoms with Crippen molar-refractivity contribution in [3.8, 4) is 0 Å². The van der Waals surface area contributed by atoms with Crippen molar-refractivity contribution in [2.45, 2.75) is 33.0 Å². The molecule has 0 atom stereocenters. The van der Waals surface area contributed by atoms with E-state index in [0.717, 1.165) is 12.8 Å². The fraction of sp³-hybridized carbons (Fsp3) is 0.667. The highest BCUT2D eigenvalue weighted by molar-refractivity contribution is 5.18.